The molecular weight excluding hydrogens is 512 g/mol. The highest BCUT2D eigenvalue weighted by molar-refractivity contribution is 6.21. The van der Waals surface area contributed by atoms with Gasteiger partial charge < -0.3 is 0 Å². The van der Waals surface area contributed by atoms with Gasteiger partial charge in [0, 0.05) is 59.4 Å². The first-order valence-electron chi connectivity index (χ1n) is 14.4. The summed E-state index contributed by atoms with van der Waals surface area (Å²) in [7, 11) is 0. The molecule has 4 heteroatoms. The van der Waals surface area contributed by atoms with Gasteiger partial charge in [-0.1, -0.05) is 68.4 Å². The number of benzene rings is 3. The molecule has 0 aliphatic heterocycles. The molecule has 7 rings (SSSR count). The van der Waals surface area contributed by atoms with Crippen LogP contribution < -0.4 is 0 Å². The Morgan fingerprint density at radius 3 is 1.52 bits per heavy atom. The molecule has 0 saturated heterocycles. The first-order chi connectivity index (χ1) is 20.7. The van der Waals surface area contributed by atoms with Gasteiger partial charge in [-0.15, -0.1) is 0 Å². The quantitative estimate of drug-likeness (QED) is 0.196. The lowest BCUT2D eigenvalue weighted by atomic mass is 9.85. The summed E-state index contributed by atoms with van der Waals surface area (Å²) >= 11 is 0. The fourth-order valence-electron chi connectivity index (χ4n) is 5.90. The van der Waals surface area contributed by atoms with E-state index < -0.39 is 0 Å². The molecule has 0 aliphatic rings. The fourth-order valence-corrected chi connectivity index (χ4v) is 5.90. The van der Waals surface area contributed by atoms with Crippen molar-refractivity contribution in [3.8, 4) is 44.8 Å². The summed E-state index contributed by atoms with van der Waals surface area (Å²) in [6.07, 6.45) is 12.3. The molecule has 0 atom stereocenters. The van der Waals surface area contributed by atoms with E-state index in [0.717, 1.165) is 40.1 Å². The third kappa shape index (κ3) is 4.82. The van der Waals surface area contributed by atoms with Crippen molar-refractivity contribution in [3.05, 3.63) is 134 Å². The molecule has 0 amide bonds. The van der Waals surface area contributed by atoms with E-state index in [1.54, 1.807) is 12.4 Å². The number of hydrogen-bond acceptors (Lipinski definition) is 4. The minimum absolute atomic E-state index is 0.565. The normalized spacial score (nSPS) is 11.4. The zero-order valence-corrected chi connectivity index (χ0v) is 23.7. The minimum atomic E-state index is 0.565. The van der Waals surface area contributed by atoms with Crippen LogP contribution in [0, 0.1) is 5.92 Å². The Labute approximate surface area is 245 Å². The number of pyridine rings is 4. The molecule has 7 aromatic rings. The van der Waals surface area contributed by atoms with Gasteiger partial charge >= 0.3 is 0 Å². The summed E-state index contributed by atoms with van der Waals surface area (Å²) in [5.74, 6) is 0.565. The van der Waals surface area contributed by atoms with Crippen LogP contribution in [0.1, 0.15) is 19.4 Å². The Morgan fingerprint density at radius 2 is 1.05 bits per heavy atom. The van der Waals surface area contributed by atoms with E-state index >= 15 is 0 Å². The third-order valence-corrected chi connectivity index (χ3v) is 7.75. The third-order valence-electron chi connectivity index (χ3n) is 7.75. The lowest BCUT2D eigenvalue weighted by molar-refractivity contribution is 0.648. The van der Waals surface area contributed by atoms with Crippen molar-refractivity contribution in [2.24, 2.45) is 5.92 Å². The molecule has 0 saturated carbocycles. The smallest absolute Gasteiger partial charge is 0.0717 e. The van der Waals surface area contributed by atoms with Crippen LogP contribution in [-0.2, 0) is 6.42 Å². The van der Waals surface area contributed by atoms with E-state index in [2.05, 4.69) is 90.5 Å². The van der Waals surface area contributed by atoms with Crippen molar-refractivity contribution in [3.63, 3.8) is 0 Å². The second-order valence-corrected chi connectivity index (χ2v) is 11.1. The topological polar surface area (TPSA) is 51.6 Å². The molecule has 4 nitrogen and oxygen atoms in total. The first-order valence-corrected chi connectivity index (χ1v) is 14.4. The standard InChI is InChI=1S/C38H30N4/c1-25(2)19-26-11-14-33-34(20-26)38(30-13-16-36(42-24-30)28-8-6-18-40-22-28)32-10-4-3-9-31(32)37(33)29-12-15-35(41-23-29)27-7-5-17-39-21-27/h3-18,20-25H,19H2,1-2H3. The average Bonchev–Trinajstić information content (AvgIpc) is 3.04. The van der Waals surface area contributed by atoms with Gasteiger partial charge in [-0.25, -0.2) is 0 Å². The molecule has 4 aromatic heterocycles. The lowest BCUT2D eigenvalue weighted by Gasteiger charge is -2.19. The molecule has 202 valence electrons. The number of hydrogen-bond donors (Lipinski definition) is 0. The monoisotopic (exact) mass is 542 g/mol. The Hall–Kier alpha value is -5.22. The molecule has 42 heavy (non-hydrogen) atoms. The van der Waals surface area contributed by atoms with E-state index in [4.69, 9.17) is 9.97 Å². The summed E-state index contributed by atoms with van der Waals surface area (Å²) in [4.78, 5) is 18.3. The Bertz CT molecular complexity index is 2000. The Balaban J connectivity index is 1.46. The zero-order chi connectivity index (χ0) is 28.5. The van der Waals surface area contributed by atoms with E-state index in [9.17, 15) is 0 Å². The zero-order valence-electron chi connectivity index (χ0n) is 23.7. The summed E-state index contributed by atoms with van der Waals surface area (Å²) in [5.41, 5.74) is 9.79. The van der Waals surface area contributed by atoms with E-state index in [-0.39, 0.29) is 0 Å². The van der Waals surface area contributed by atoms with Crippen molar-refractivity contribution in [1.29, 1.82) is 0 Å². The van der Waals surface area contributed by atoms with Gasteiger partial charge in [0.25, 0.3) is 0 Å². The first kappa shape index (κ1) is 25.7. The van der Waals surface area contributed by atoms with Crippen LogP contribution in [-0.4, -0.2) is 19.9 Å². The maximum atomic E-state index is 4.87. The molecule has 0 N–H and O–H groups in total. The van der Waals surface area contributed by atoms with E-state index in [1.807, 2.05) is 49.1 Å². The molecule has 0 unspecified atom stereocenters. The number of rotatable bonds is 6. The molecule has 0 bridgehead atoms. The second kappa shape index (κ2) is 11.0. The van der Waals surface area contributed by atoms with Crippen molar-refractivity contribution in [1.82, 2.24) is 19.9 Å². The maximum absolute atomic E-state index is 4.87. The van der Waals surface area contributed by atoms with Crippen LogP contribution in [0.4, 0.5) is 0 Å². The highest BCUT2D eigenvalue weighted by Crippen LogP contribution is 2.44. The van der Waals surface area contributed by atoms with Gasteiger partial charge in [0.15, 0.2) is 0 Å². The Morgan fingerprint density at radius 1 is 0.500 bits per heavy atom. The summed E-state index contributed by atoms with van der Waals surface area (Å²) in [6, 6.07) is 32.2. The average molecular weight is 543 g/mol. The van der Waals surface area contributed by atoms with Gasteiger partial charge in [-0.2, -0.15) is 0 Å². The summed E-state index contributed by atoms with van der Waals surface area (Å²) in [6.45, 7) is 4.54. The largest absolute Gasteiger partial charge is 0.264 e. The van der Waals surface area contributed by atoms with E-state index in [0.29, 0.717) is 5.92 Å². The maximum Gasteiger partial charge on any atom is 0.0717 e. The molecule has 0 fully saturated rings. The van der Waals surface area contributed by atoms with Crippen LogP contribution in [0.5, 0.6) is 0 Å². The van der Waals surface area contributed by atoms with Crippen molar-refractivity contribution < 1.29 is 0 Å². The molecule has 3 aromatic carbocycles. The minimum Gasteiger partial charge on any atom is -0.264 e. The molecule has 0 radical (unpaired) electrons. The predicted molar refractivity (Wildman–Crippen MR) is 173 cm³/mol. The number of nitrogens with zero attached hydrogens (tertiary/aromatic N) is 4. The van der Waals surface area contributed by atoms with E-state index in [1.165, 1.54) is 38.2 Å². The van der Waals surface area contributed by atoms with Crippen LogP contribution in [0.3, 0.4) is 0 Å². The summed E-state index contributed by atoms with van der Waals surface area (Å²) in [5, 5.41) is 4.84. The lowest BCUT2D eigenvalue weighted by Crippen LogP contribution is -1.97. The van der Waals surface area contributed by atoms with Gasteiger partial charge in [-0.3, -0.25) is 19.9 Å². The second-order valence-electron chi connectivity index (χ2n) is 11.1. The Kier molecular flexibility index (Phi) is 6.73. The highest BCUT2D eigenvalue weighted by atomic mass is 14.7. The van der Waals surface area contributed by atoms with Gasteiger partial charge in [0.05, 0.1) is 11.4 Å². The fraction of sp³-hybridized carbons (Fsp3) is 0.105. The van der Waals surface area contributed by atoms with Crippen molar-refractivity contribution >= 4 is 21.5 Å². The predicted octanol–water partition coefficient (Wildman–Crippen LogP) is 9.44. The SMILES string of the molecule is CC(C)Cc1ccc2c(-c3ccc(-c4cccnc4)nc3)c3ccccc3c(-c3ccc(-c4cccnc4)nc3)c2c1. The highest BCUT2D eigenvalue weighted by Gasteiger charge is 2.18. The number of aromatic nitrogens is 4. The van der Waals surface area contributed by atoms with Gasteiger partial charge in [0.2, 0.25) is 0 Å². The van der Waals surface area contributed by atoms with Gasteiger partial charge in [-0.05, 0) is 87.0 Å². The molecule has 4 heterocycles. The molecule has 0 spiro atoms. The summed E-state index contributed by atoms with van der Waals surface area (Å²) < 4.78 is 0. The van der Waals surface area contributed by atoms with Crippen molar-refractivity contribution in [2.75, 3.05) is 0 Å². The van der Waals surface area contributed by atoms with Crippen LogP contribution in [0.15, 0.2) is 128 Å². The van der Waals surface area contributed by atoms with Crippen LogP contribution in [0.2, 0.25) is 0 Å². The van der Waals surface area contributed by atoms with Gasteiger partial charge in [0.1, 0.15) is 0 Å². The number of fused-ring (bicyclic) bond motifs is 2. The van der Waals surface area contributed by atoms with Crippen LogP contribution in [0.25, 0.3) is 66.3 Å². The molecule has 0 aliphatic carbocycles. The van der Waals surface area contributed by atoms with Crippen molar-refractivity contribution in [2.45, 2.75) is 20.3 Å². The molecular formula is C38H30N4. The van der Waals surface area contributed by atoms with Crippen LogP contribution >= 0.6 is 0 Å².